The molecule has 0 spiro atoms. The van der Waals surface area contributed by atoms with Crippen molar-refractivity contribution in [1.82, 2.24) is 4.90 Å². The lowest BCUT2D eigenvalue weighted by atomic mass is 10.1. The van der Waals surface area contributed by atoms with Gasteiger partial charge in [-0.2, -0.15) is 0 Å². The van der Waals surface area contributed by atoms with Crippen LogP contribution in [0.1, 0.15) is 32.1 Å². The molecule has 0 aliphatic carbocycles. The van der Waals surface area contributed by atoms with E-state index >= 15 is 0 Å². The van der Waals surface area contributed by atoms with Crippen LogP contribution in [0, 0.1) is 0 Å². The molecular weight excluding hydrogens is 178 g/mol. The van der Waals surface area contributed by atoms with Crippen molar-refractivity contribution in [3.05, 3.63) is 0 Å². The van der Waals surface area contributed by atoms with E-state index in [1.807, 2.05) is 0 Å². The molecule has 1 saturated heterocycles. The van der Waals surface area contributed by atoms with Crippen LogP contribution in [-0.4, -0.2) is 36.5 Å². The Morgan fingerprint density at radius 1 is 1.29 bits per heavy atom. The fraction of sp³-hybridized carbons (Fsp3) is 0.900. The van der Waals surface area contributed by atoms with Crippen molar-refractivity contribution in [2.24, 2.45) is 11.5 Å². The molecule has 4 heteroatoms. The van der Waals surface area contributed by atoms with Crippen molar-refractivity contribution < 1.29 is 4.79 Å². The highest BCUT2D eigenvalue weighted by Gasteiger charge is 2.12. The van der Waals surface area contributed by atoms with Crippen LogP contribution in [0.15, 0.2) is 0 Å². The number of carbonyl (C=O) groups excluding carboxylic acids is 1. The van der Waals surface area contributed by atoms with E-state index in [1.165, 1.54) is 32.4 Å². The van der Waals surface area contributed by atoms with Gasteiger partial charge in [-0.25, -0.2) is 0 Å². The summed E-state index contributed by atoms with van der Waals surface area (Å²) in [7, 11) is 0. The van der Waals surface area contributed by atoms with E-state index in [4.69, 9.17) is 11.5 Å². The zero-order chi connectivity index (χ0) is 10.4. The smallest absolute Gasteiger partial charge is 0.234 e. The van der Waals surface area contributed by atoms with Crippen LogP contribution in [-0.2, 0) is 4.79 Å². The molecule has 4 N–H and O–H groups in total. The van der Waals surface area contributed by atoms with E-state index in [9.17, 15) is 4.79 Å². The van der Waals surface area contributed by atoms with Crippen molar-refractivity contribution in [2.45, 2.75) is 38.1 Å². The van der Waals surface area contributed by atoms with Crippen LogP contribution >= 0.6 is 0 Å². The molecule has 1 fully saturated rings. The molecule has 0 aromatic heterocycles. The molecule has 0 aromatic carbocycles. The number of piperidine rings is 1. The van der Waals surface area contributed by atoms with Gasteiger partial charge in [0.2, 0.25) is 5.91 Å². The monoisotopic (exact) mass is 199 g/mol. The van der Waals surface area contributed by atoms with Gasteiger partial charge in [0.1, 0.15) is 0 Å². The van der Waals surface area contributed by atoms with Crippen LogP contribution < -0.4 is 11.5 Å². The van der Waals surface area contributed by atoms with Crippen molar-refractivity contribution in [1.29, 1.82) is 0 Å². The summed E-state index contributed by atoms with van der Waals surface area (Å²) in [6.07, 6.45) is 5.66. The molecule has 1 unspecified atom stereocenters. The van der Waals surface area contributed by atoms with E-state index in [1.54, 1.807) is 0 Å². The molecule has 14 heavy (non-hydrogen) atoms. The number of nitrogens with zero attached hydrogens (tertiary/aromatic N) is 1. The Hall–Kier alpha value is -0.610. The van der Waals surface area contributed by atoms with Crippen molar-refractivity contribution in [3.8, 4) is 0 Å². The van der Waals surface area contributed by atoms with Crippen molar-refractivity contribution in [3.63, 3.8) is 0 Å². The minimum atomic E-state index is -0.459. The average molecular weight is 199 g/mol. The maximum absolute atomic E-state index is 10.7. The molecule has 0 radical (unpaired) electrons. The SMILES string of the molecule is NC(=O)C(N)CCCN1CCCCC1. The number of nitrogens with two attached hydrogens (primary N) is 2. The second-order valence-electron chi connectivity index (χ2n) is 4.05. The highest BCUT2D eigenvalue weighted by Crippen LogP contribution is 2.09. The molecule has 1 rings (SSSR count). The van der Waals surface area contributed by atoms with Crippen LogP contribution in [0.4, 0.5) is 0 Å². The van der Waals surface area contributed by atoms with Gasteiger partial charge in [-0.3, -0.25) is 4.79 Å². The zero-order valence-electron chi connectivity index (χ0n) is 8.74. The van der Waals surface area contributed by atoms with E-state index in [0.29, 0.717) is 6.42 Å². The summed E-state index contributed by atoms with van der Waals surface area (Å²) in [5.41, 5.74) is 10.6. The largest absolute Gasteiger partial charge is 0.368 e. The third-order valence-electron chi connectivity index (χ3n) is 2.80. The molecule has 82 valence electrons. The molecule has 1 amide bonds. The second kappa shape index (κ2) is 5.98. The fourth-order valence-electron chi connectivity index (χ4n) is 1.86. The van der Waals surface area contributed by atoms with Gasteiger partial charge in [-0.1, -0.05) is 6.42 Å². The van der Waals surface area contributed by atoms with Gasteiger partial charge in [0.15, 0.2) is 0 Å². The topological polar surface area (TPSA) is 72.3 Å². The maximum Gasteiger partial charge on any atom is 0.234 e. The first-order valence-corrected chi connectivity index (χ1v) is 5.47. The summed E-state index contributed by atoms with van der Waals surface area (Å²) in [6.45, 7) is 3.46. The fourth-order valence-corrected chi connectivity index (χ4v) is 1.86. The van der Waals surface area contributed by atoms with E-state index in [0.717, 1.165) is 13.0 Å². The molecule has 1 aliphatic rings. The summed E-state index contributed by atoms with van der Waals surface area (Å²) < 4.78 is 0. The number of carbonyl (C=O) groups is 1. The lowest BCUT2D eigenvalue weighted by molar-refractivity contribution is -0.119. The van der Waals surface area contributed by atoms with Gasteiger partial charge in [-0.15, -0.1) is 0 Å². The Labute approximate surface area is 85.6 Å². The van der Waals surface area contributed by atoms with Gasteiger partial charge < -0.3 is 16.4 Å². The Kier molecular flexibility index (Phi) is 4.90. The summed E-state index contributed by atoms with van der Waals surface area (Å²) >= 11 is 0. The van der Waals surface area contributed by atoms with Crippen LogP contribution in [0.5, 0.6) is 0 Å². The third kappa shape index (κ3) is 4.07. The first-order valence-electron chi connectivity index (χ1n) is 5.47. The number of amides is 1. The number of rotatable bonds is 5. The molecule has 4 nitrogen and oxygen atoms in total. The molecule has 1 aliphatic heterocycles. The highest BCUT2D eigenvalue weighted by atomic mass is 16.1. The summed E-state index contributed by atoms with van der Waals surface area (Å²) in [5.74, 6) is -0.386. The Bertz CT molecular complexity index is 178. The molecule has 1 heterocycles. The molecule has 0 bridgehead atoms. The number of hydrogen-bond acceptors (Lipinski definition) is 3. The van der Waals surface area contributed by atoms with Gasteiger partial charge in [0, 0.05) is 0 Å². The molecule has 0 aromatic rings. The normalized spacial score (nSPS) is 20.6. The number of hydrogen-bond donors (Lipinski definition) is 2. The quantitative estimate of drug-likeness (QED) is 0.658. The Morgan fingerprint density at radius 3 is 2.50 bits per heavy atom. The van der Waals surface area contributed by atoms with Gasteiger partial charge in [0.05, 0.1) is 6.04 Å². The maximum atomic E-state index is 10.7. The lowest BCUT2D eigenvalue weighted by Gasteiger charge is -2.26. The predicted molar refractivity (Wildman–Crippen MR) is 56.7 cm³/mol. The predicted octanol–water partition coefficient (Wildman–Crippen LogP) is 0.0651. The third-order valence-corrected chi connectivity index (χ3v) is 2.80. The summed E-state index contributed by atoms with van der Waals surface area (Å²) in [5, 5.41) is 0. The minimum absolute atomic E-state index is 0.386. The first kappa shape index (κ1) is 11.5. The molecule has 1 atom stereocenters. The Morgan fingerprint density at radius 2 is 1.93 bits per heavy atom. The van der Waals surface area contributed by atoms with Crippen molar-refractivity contribution in [2.75, 3.05) is 19.6 Å². The number of likely N-dealkylation sites (tertiary alicyclic amines) is 1. The summed E-state index contributed by atoms with van der Waals surface area (Å²) in [4.78, 5) is 13.1. The summed E-state index contributed by atoms with van der Waals surface area (Å²) in [6, 6.07) is -0.459. The lowest BCUT2D eigenvalue weighted by Crippen LogP contribution is -2.37. The van der Waals surface area contributed by atoms with E-state index in [2.05, 4.69) is 4.90 Å². The molecule has 0 saturated carbocycles. The van der Waals surface area contributed by atoms with Gasteiger partial charge in [-0.05, 0) is 45.3 Å². The molecular formula is C10H21N3O. The standard InChI is InChI=1S/C10H21N3O/c11-9(10(12)14)5-4-8-13-6-2-1-3-7-13/h9H,1-8,11H2,(H2,12,14). The van der Waals surface area contributed by atoms with Gasteiger partial charge >= 0.3 is 0 Å². The zero-order valence-corrected chi connectivity index (χ0v) is 8.74. The van der Waals surface area contributed by atoms with Crippen LogP contribution in [0.3, 0.4) is 0 Å². The van der Waals surface area contributed by atoms with E-state index < -0.39 is 6.04 Å². The average Bonchev–Trinajstić information content (AvgIpc) is 2.19. The number of primary amides is 1. The van der Waals surface area contributed by atoms with Crippen molar-refractivity contribution >= 4 is 5.91 Å². The van der Waals surface area contributed by atoms with Crippen LogP contribution in [0.2, 0.25) is 0 Å². The van der Waals surface area contributed by atoms with Crippen LogP contribution in [0.25, 0.3) is 0 Å². The highest BCUT2D eigenvalue weighted by molar-refractivity contribution is 5.79. The van der Waals surface area contributed by atoms with E-state index in [-0.39, 0.29) is 5.91 Å². The Balaban J connectivity index is 2.05. The second-order valence-corrected chi connectivity index (χ2v) is 4.05. The first-order chi connectivity index (χ1) is 6.70. The van der Waals surface area contributed by atoms with Gasteiger partial charge in [0.25, 0.3) is 0 Å². The minimum Gasteiger partial charge on any atom is -0.368 e.